The number of ether oxygens (including phenoxy) is 1. The lowest BCUT2D eigenvalue weighted by molar-refractivity contribution is -0.189. The van der Waals surface area contributed by atoms with E-state index in [9.17, 15) is 40.0 Å². The number of rotatable bonds is 7. The Kier molecular flexibility index (Phi) is 7.40. The van der Waals surface area contributed by atoms with Crippen molar-refractivity contribution in [3.63, 3.8) is 0 Å². The number of sulfone groups is 1. The van der Waals surface area contributed by atoms with Gasteiger partial charge in [0.15, 0.2) is 15.6 Å². The molecule has 2 N–H and O–H groups in total. The highest BCUT2D eigenvalue weighted by molar-refractivity contribution is 7.90. The summed E-state index contributed by atoms with van der Waals surface area (Å²) in [6.07, 6.45) is -6.60. The SMILES string of the molecule is CS(=O)(=O)c1ccc(-c2cccc(-n3nnn(CC(CN)=C(F)F)c3=O)c2OC(=O)C(F)(F)F)cc1. The Labute approximate surface area is 199 Å². The van der Waals surface area contributed by atoms with E-state index in [1.165, 1.54) is 36.4 Å². The van der Waals surface area contributed by atoms with Gasteiger partial charge in [0, 0.05) is 23.9 Å². The molecule has 0 aliphatic heterocycles. The molecule has 192 valence electrons. The van der Waals surface area contributed by atoms with Crippen LogP contribution in [0.1, 0.15) is 0 Å². The predicted molar refractivity (Wildman–Crippen MR) is 114 cm³/mol. The van der Waals surface area contributed by atoms with Crippen LogP contribution in [0, 0.1) is 0 Å². The molecule has 0 fully saturated rings. The topological polar surface area (TPSA) is 139 Å². The highest BCUT2D eigenvalue weighted by Crippen LogP contribution is 2.36. The van der Waals surface area contributed by atoms with Crippen LogP contribution in [-0.2, 0) is 21.2 Å². The first-order valence-electron chi connectivity index (χ1n) is 9.72. The zero-order chi connectivity index (χ0) is 26.8. The third-order valence-electron chi connectivity index (χ3n) is 4.74. The maximum atomic E-state index is 13.0. The number of aromatic nitrogens is 4. The quantitative estimate of drug-likeness (QED) is 0.277. The lowest BCUT2D eigenvalue weighted by Gasteiger charge is -2.15. The number of hydrogen-bond donors (Lipinski definition) is 1. The van der Waals surface area contributed by atoms with Crippen molar-refractivity contribution in [3.8, 4) is 22.6 Å². The number of para-hydroxylation sites is 1. The summed E-state index contributed by atoms with van der Waals surface area (Å²) >= 11 is 0. The number of tetrazole rings is 1. The highest BCUT2D eigenvalue weighted by atomic mass is 32.2. The number of nitrogens with zero attached hydrogens (tertiary/aromatic N) is 4. The van der Waals surface area contributed by atoms with Crippen LogP contribution in [-0.4, -0.2) is 53.2 Å². The number of esters is 1. The maximum absolute atomic E-state index is 13.0. The molecule has 0 aliphatic carbocycles. The monoisotopic (exact) mass is 533 g/mol. The molecule has 0 radical (unpaired) electrons. The zero-order valence-corrected chi connectivity index (χ0v) is 19.0. The number of halogens is 5. The van der Waals surface area contributed by atoms with Crippen molar-refractivity contribution in [1.29, 1.82) is 0 Å². The molecule has 1 heterocycles. The first-order valence-corrected chi connectivity index (χ1v) is 11.6. The molecule has 0 atom stereocenters. The van der Waals surface area contributed by atoms with Crippen molar-refractivity contribution in [3.05, 3.63) is 64.6 Å². The Morgan fingerprint density at radius 2 is 1.72 bits per heavy atom. The second kappa shape index (κ2) is 9.98. The lowest BCUT2D eigenvalue weighted by atomic mass is 10.0. The average molecular weight is 533 g/mol. The van der Waals surface area contributed by atoms with Gasteiger partial charge < -0.3 is 10.5 Å². The van der Waals surface area contributed by atoms with Gasteiger partial charge in [-0.2, -0.15) is 31.3 Å². The Morgan fingerprint density at radius 3 is 2.25 bits per heavy atom. The van der Waals surface area contributed by atoms with Crippen LogP contribution in [0.3, 0.4) is 0 Å². The fourth-order valence-electron chi connectivity index (χ4n) is 2.97. The van der Waals surface area contributed by atoms with Crippen LogP contribution in [0.25, 0.3) is 16.8 Å². The van der Waals surface area contributed by atoms with Crippen molar-refractivity contribution in [2.45, 2.75) is 17.6 Å². The number of carbonyl (C=O) groups is 1. The first kappa shape index (κ1) is 26.7. The Balaban J connectivity index is 2.19. The number of nitrogens with two attached hydrogens (primary N) is 1. The fraction of sp³-hybridized carbons (Fsp3) is 0.200. The van der Waals surface area contributed by atoms with E-state index in [2.05, 4.69) is 15.2 Å². The standard InChI is InChI=1S/C20H16F5N5O5S/c1-36(33,34)13-7-5-11(6-8-13)14-3-2-4-15(16(14)35-18(31)20(23,24)25)30-19(32)29(27-28-30)10-12(9-26)17(21)22/h2-8H,9-10,26H2,1H3. The van der Waals surface area contributed by atoms with Gasteiger partial charge in [0.05, 0.1) is 11.4 Å². The Morgan fingerprint density at radius 1 is 1.08 bits per heavy atom. The molecule has 0 saturated heterocycles. The minimum atomic E-state index is -5.41. The normalized spacial score (nSPS) is 11.9. The van der Waals surface area contributed by atoms with Crippen LogP contribution in [0.4, 0.5) is 22.0 Å². The summed E-state index contributed by atoms with van der Waals surface area (Å²) in [5.41, 5.74) is 2.97. The largest absolute Gasteiger partial charge is 0.491 e. The highest BCUT2D eigenvalue weighted by Gasteiger charge is 2.42. The molecule has 0 aliphatic rings. The van der Waals surface area contributed by atoms with Gasteiger partial charge in [-0.3, -0.25) is 0 Å². The van der Waals surface area contributed by atoms with Gasteiger partial charge in [0.25, 0.3) is 6.08 Å². The van der Waals surface area contributed by atoms with E-state index in [1.54, 1.807) is 0 Å². The summed E-state index contributed by atoms with van der Waals surface area (Å²) in [6.45, 7) is -1.35. The summed E-state index contributed by atoms with van der Waals surface area (Å²) in [6, 6.07) is 8.50. The number of alkyl halides is 3. The molecule has 0 saturated carbocycles. The van der Waals surface area contributed by atoms with E-state index in [4.69, 9.17) is 5.73 Å². The van der Waals surface area contributed by atoms with Crippen LogP contribution < -0.4 is 16.2 Å². The van der Waals surface area contributed by atoms with Crippen molar-refractivity contribution in [1.82, 2.24) is 19.8 Å². The summed E-state index contributed by atoms with van der Waals surface area (Å²) < 4.78 is 93.8. The molecule has 1 aromatic heterocycles. The molecule has 3 aromatic rings. The molecule has 0 unspecified atom stereocenters. The van der Waals surface area contributed by atoms with Crippen LogP contribution in [0.2, 0.25) is 0 Å². The van der Waals surface area contributed by atoms with Crippen molar-refractivity contribution >= 4 is 15.8 Å². The zero-order valence-electron chi connectivity index (χ0n) is 18.2. The van der Waals surface area contributed by atoms with Gasteiger partial charge in [-0.1, -0.05) is 24.3 Å². The smallest absolute Gasteiger partial charge is 0.417 e. The maximum Gasteiger partial charge on any atom is 0.491 e. The van der Waals surface area contributed by atoms with E-state index in [-0.39, 0.29) is 16.0 Å². The van der Waals surface area contributed by atoms with E-state index in [0.717, 1.165) is 12.3 Å². The van der Waals surface area contributed by atoms with Gasteiger partial charge in [0.2, 0.25) is 0 Å². The number of carbonyl (C=O) groups excluding carboxylic acids is 1. The average Bonchev–Trinajstić information content (AvgIpc) is 3.16. The molecular weight excluding hydrogens is 517 g/mol. The molecule has 2 aromatic carbocycles. The lowest BCUT2D eigenvalue weighted by Crippen LogP contribution is -2.30. The Bertz CT molecular complexity index is 1490. The fourth-order valence-corrected chi connectivity index (χ4v) is 3.60. The van der Waals surface area contributed by atoms with Crippen LogP contribution >= 0.6 is 0 Å². The van der Waals surface area contributed by atoms with Crippen molar-refractivity contribution in [2.24, 2.45) is 5.73 Å². The van der Waals surface area contributed by atoms with E-state index in [1.807, 2.05) is 0 Å². The third kappa shape index (κ3) is 5.65. The van der Waals surface area contributed by atoms with Gasteiger partial charge in [0.1, 0.15) is 5.69 Å². The number of benzene rings is 2. The van der Waals surface area contributed by atoms with Gasteiger partial charge in [-0.05, 0) is 34.2 Å². The van der Waals surface area contributed by atoms with Crippen molar-refractivity contribution < 1.29 is 39.9 Å². The molecule has 36 heavy (non-hydrogen) atoms. The molecule has 10 nitrogen and oxygen atoms in total. The number of hydrogen-bond acceptors (Lipinski definition) is 8. The first-order chi connectivity index (χ1) is 16.7. The van der Waals surface area contributed by atoms with E-state index in [0.29, 0.717) is 9.36 Å². The molecule has 0 spiro atoms. The van der Waals surface area contributed by atoms with Gasteiger partial charge >= 0.3 is 17.8 Å². The van der Waals surface area contributed by atoms with Crippen LogP contribution in [0.15, 0.2) is 63.8 Å². The second-order valence-electron chi connectivity index (χ2n) is 7.24. The predicted octanol–water partition coefficient (Wildman–Crippen LogP) is 2.08. The van der Waals surface area contributed by atoms with Crippen molar-refractivity contribution in [2.75, 3.05) is 12.8 Å². The molecule has 3 rings (SSSR count). The van der Waals surface area contributed by atoms with Gasteiger partial charge in [-0.15, -0.1) is 0 Å². The van der Waals surface area contributed by atoms with E-state index < -0.39 is 63.9 Å². The minimum Gasteiger partial charge on any atom is -0.417 e. The second-order valence-corrected chi connectivity index (χ2v) is 9.25. The Hall–Kier alpha value is -3.92. The summed E-state index contributed by atoms with van der Waals surface area (Å²) in [4.78, 5) is 24.3. The molecule has 0 amide bonds. The molecular formula is C20H16F5N5O5S. The molecule has 16 heteroatoms. The summed E-state index contributed by atoms with van der Waals surface area (Å²) in [7, 11) is -3.59. The summed E-state index contributed by atoms with van der Waals surface area (Å²) in [5.74, 6) is -3.37. The van der Waals surface area contributed by atoms with Crippen LogP contribution in [0.5, 0.6) is 5.75 Å². The minimum absolute atomic E-state index is 0.0840. The third-order valence-corrected chi connectivity index (χ3v) is 5.86. The molecule has 0 bridgehead atoms. The van der Waals surface area contributed by atoms with Gasteiger partial charge in [-0.25, -0.2) is 18.0 Å². The summed E-state index contributed by atoms with van der Waals surface area (Å²) in [5, 5.41) is 6.94. The van der Waals surface area contributed by atoms with E-state index >= 15 is 0 Å².